The molecule has 1 atom stereocenters. The van der Waals surface area contributed by atoms with Gasteiger partial charge >= 0.3 is 0 Å². The molecule has 0 aliphatic heterocycles. The first-order chi connectivity index (χ1) is 28.6. The topological polar surface area (TPSA) is 0 Å². The molecule has 11 rings (SSSR count). The highest BCUT2D eigenvalue weighted by molar-refractivity contribution is 6.21. The lowest BCUT2D eigenvalue weighted by Gasteiger charge is -2.29. The maximum atomic E-state index is 2.48. The van der Waals surface area contributed by atoms with Crippen LogP contribution < -0.4 is 0 Å². The van der Waals surface area contributed by atoms with Crippen LogP contribution in [0, 0.1) is 0 Å². The minimum Gasteiger partial charge on any atom is -0.0622 e. The molecule has 0 nitrogen and oxygen atoms in total. The van der Waals surface area contributed by atoms with Gasteiger partial charge in [-0.3, -0.25) is 0 Å². The maximum absolute atomic E-state index is 2.48. The third kappa shape index (κ3) is 5.45. The van der Waals surface area contributed by atoms with Gasteiger partial charge in [0.05, 0.1) is 0 Å². The van der Waals surface area contributed by atoms with Crippen molar-refractivity contribution in [2.24, 2.45) is 0 Å². The molecule has 0 saturated heterocycles. The van der Waals surface area contributed by atoms with Crippen LogP contribution in [-0.2, 0) is 5.41 Å². The Morgan fingerprint density at radius 2 is 0.638 bits per heavy atom. The summed E-state index contributed by atoms with van der Waals surface area (Å²) in [4.78, 5) is 0. The van der Waals surface area contributed by atoms with Crippen molar-refractivity contribution in [1.29, 1.82) is 0 Å². The predicted molar refractivity (Wildman–Crippen MR) is 246 cm³/mol. The molecular formula is C58H40. The molecule has 58 heavy (non-hydrogen) atoms. The normalized spacial score (nSPS) is 14.4. The number of benzene rings is 10. The molecule has 1 aliphatic carbocycles. The standard InChI is InChI=1S/C58H40/c1-58(47-21-9-4-10-22-47)54-28-16-15-23-48(54)49-34-33-43(38-55(49)58)57-52-26-13-11-24-50(52)56(51-25-12-14-27-53(51)57)42-31-29-41(30-32-42)46-36-44(39-17-5-2-6-18-39)35-45(37-46)40-19-7-3-8-20-40/h2-38H,1H3. The third-order valence-electron chi connectivity index (χ3n) is 12.5. The number of hydrogen-bond donors (Lipinski definition) is 0. The first-order valence-corrected chi connectivity index (χ1v) is 20.3. The van der Waals surface area contributed by atoms with E-state index >= 15 is 0 Å². The van der Waals surface area contributed by atoms with E-state index in [0.717, 1.165) is 0 Å². The molecule has 0 bridgehead atoms. The van der Waals surface area contributed by atoms with E-state index in [2.05, 4.69) is 231 Å². The zero-order valence-corrected chi connectivity index (χ0v) is 32.4. The summed E-state index contributed by atoms with van der Waals surface area (Å²) < 4.78 is 0. The summed E-state index contributed by atoms with van der Waals surface area (Å²) in [6, 6.07) is 82.8. The zero-order chi connectivity index (χ0) is 38.6. The summed E-state index contributed by atoms with van der Waals surface area (Å²) in [7, 11) is 0. The monoisotopic (exact) mass is 736 g/mol. The van der Waals surface area contributed by atoms with Gasteiger partial charge in [0, 0.05) is 5.41 Å². The molecule has 0 radical (unpaired) electrons. The Morgan fingerprint density at radius 3 is 1.17 bits per heavy atom. The molecule has 0 heteroatoms. The van der Waals surface area contributed by atoms with Crippen LogP contribution in [0.5, 0.6) is 0 Å². The summed E-state index contributed by atoms with van der Waals surface area (Å²) >= 11 is 0. The second kappa shape index (κ2) is 13.7. The van der Waals surface area contributed by atoms with E-state index in [4.69, 9.17) is 0 Å². The lowest BCUT2D eigenvalue weighted by atomic mass is 9.73. The summed E-state index contributed by atoms with van der Waals surface area (Å²) in [5.41, 5.74) is 18.7. The highest BCUT2D eigenvalue weighted by atomic mass is 14.4. The van der Waals surface area contributed by atoms with Crippen molar-refractivity contribution in [1.82, 2.24) is 0 Å². The van der Waals surface area contributed by atoms with Gasteiger partial charge in [0.2, 0.25) is 0 Å². The van der Waals surface area contributed by atoms with Crippen molar-refractivity contribution in [3.63, 3.8) is 0 Å². The highest BCUT2D eigenvalue weighted by Gasteiger charge is 2.40. The quantitative estimate of drug-likeness (QED) is 0.149. The molecule has 10 aromatic carbocycles. The van der Waals surface area contributed by atoms with Gasteiger partial charge in [-0.15, -0.1) is 0 Å². The Kier molecular flexibility index (Phi) is 8.05. The Balaban J connectivity index is 1.07. The van der Waals surface area contributed by atoms with Gasteiger partial charge in [0.15, 0.2) is 0 Å². The molecule has 272 valence electrons. The molecular weight excluding hydrogens is 697 g/mol. The van der Waals surface area contributed by atoms with E-state index in [-0.39, 0.29) is 5.41 Å². The van der Waals surface area contributed by atoms with Gasteiger partial charge in [0.1, 0.15) is 0 Å². The Hall–Kier alpha value is -7.28. The average molecular weight is 737 g/mol. The Bertz CT molecular complexity index is 3030. The van der Waals surface area contributed by atoms with Crippen molar-refractivity contribution in [3.05, 3.63) is 241 Å². The largest absolute Gasteiger partial charge is 0.0622 e. The average Bonchev–Trinajstić information content (AvgIpc) is 3.56. The van der Waals surface area contributed by atoms with E-state index in [0.29, 0.717) is 0 Å². The van der Waals surface area contributed by atoms with Crippen LogP contribution in [-0.4, -0.2) is 0 Å². The second-order valence-electron chi connectivity index (χ2n) is 15.7. The fraction of sp³-hybridized carbons (Fsp3) is 0.0345. The first-order valence-electron chi connectivity index (χ1n) is 20.3. The van der Waals surface area contributed by atoms with Crippen LogP contribution in [0.4, 0.5) is 0 Å². The van der Waals surface area contributed by atoms with E-state index in [1.165, 1.54) is 105 Å². The van der Waals surface area contributed by atoms with Gasteiger partial charge < -0.3 is 0 Å². The van der Waals surface area contributed by atoms with Gasteiger partial charge in [-0.2, -0.15) is 0 Å². The van der Waals surface area contributed by atoms with Crippen LogP contribution in [0.1, 0.15) is 23.6 Å². The zero-order valence-electron chi connectivity index (χ0n) is 32.4. The van der Waals surface area contributed by atoms with Crippen molar-refractivity contribution in [3.8, 4) is 66.8 Å². The van der Waals surface area contributed by atoms with Gasteiger partial charge in [-0.1, -0.05) is 200 Å². The molecule has 0 fully saturated rings. The van der Waals surface area contributed by atoms with Crippen molar-refractivity contribution < 1.29 is 0 Å². The minimum absolute atomic E-state index is 0.265. The van der Waals surface area contributed by atoms with Crippen LogP contribution in [0.25, 0.3) is 88.3 Å². The van der Waals surface area contributed by atoms with Crippen LogP contribution >= 0.6 is 0 Å². The maximum Gasteiger partial charge on any atom is 0.0435 e. The number of hydrogen-bond acceptors (Lipinski definition) is 0. The fourth-order valence-corrected chi connectivity index (χ4v) is 9.70. The third-order valence-corrected chi connectivity index (χ3v) is 12.5. The van der Waals surface area contributed by atoms with Gasteiger partial charge in [-0.05, 0) is 136 Å². The molecule has 1 unspecified atom stereocenters. The van der Waals surface area contributed by atoms with Crippen molar-refractivity contribution in [2.45, 2.75) is 12.3 Å². The second-order valence-corrected chi connectivity index (χ2v) is 15.7. The van der Waals surface area contributed by atoms with Crippen molar-refractivity contribution >= 4 is 21.5 Å². The van der Waals surface area contributed by atoms with E-state index in [9.17, 15) is 0 Å². The number of rotatable bonds is 6. The van der Waals surface area contributed by atoms with Gasteiger partial charge in [-0.25, -0.2) is 0 Å². The summed E-state index contributed by atoms with van der Waals surface area (Å²) in [5.74, 6) is 0. The summed E-state index contributed by atoms with van der Waals surface area (Å²) in [6.45, 7) is 2.40. The van der Waals surface area contributed by atoms with E-state index < -0.39 is 0 Å². The van der Waals surface area contributed by atoms with Crippen LogP contribution in [0.2, 0.25) is 0 Å². The molecule has 0 heterocycles. The molecule has 0 spiro atoms. The molecule has 0 N–H and O–H groups in total. The smallest absolute Gasteiger partial charge is 0.0435 e. The minimum atomic E-state index is -0.265. The summed E-state index contributed by atoms with van der Waals surface area (Å²) in [5, 5.41) is 5.05. The SMILES string of the molecule is CC1(c2ccccc2)c2ccccc2-c2ccc(-c3c4ccccc4c(-c4ccc(-c5cc(-c6ccccc6)cc(-c6ccccc6)c5)cc4)c4ccccc34)cc21. The highest BCUT2D eigenvalue weighted by Crippen LogP contribution is 2.54. The lowest BCUT2D eigenvalue weighted by molar-refractivity contribution is 0.714. The Labute approximate surface area is 340 Å². The van der Waals surface area contributed by atoms with Crippen LogP contribution in [0.3, 0.4) is 0 Å². The predicted octanol–water partition coefficient (Wildman–Crippen LogP) is 15.7. The van der Waals surface area contributed by atoms with E-state index in [1.807, 2.05) is 0 Å². The molecule has 0 amide bonds. The molecule has 1 aliphatic rings. The number of fused-ring (bicyclic) bond motifs is 5. The summed E-state index contributed by atoms with van der Waals surface area (Å²) in [6.07, 6.45) is 0. The van der Waals surface area contributed by atoms with Gasteiger partial charge in [0.25, 0.3) is 0 Å². The Morgan fingerprint density at radius 1 is 0.259 bits per heavy atom. The molecule has 10 aromatic rings. The lowest BCUT2D eigenvalue weighted by Crippen LogP contribution is -2.22. The molecule has 0 saturated carbocycles. The van der Waals surface area contributed by atoms with Crippen LogP contribution in [0.15, 0.2) is 224 Å². The molecule has 0 aromatic heterocycles. The fourth-order valence-electron chi connectivity index (χ4n) is 9.70. The van der Waals surface area contributed by atoms with Crippen molar-refractivity contribution in [2.75, 3.05) is 0 Å². The van der Waals surface area contributed by atoms with E-state index in [1.54, 1.807) is 0 Å². The first kappa shape index (κ1) is 34.0.